The lowest BCUT2D eigenvalue weighted by atomic mass is 10.0. The van der Waals surface area contributed by atoms with Crippen LogP contribution in [-0.4, -0.2) is 33.9 Å². The average Bonchev–Trinajstić information content (AvgIpc) is 2.66. The highest BCUT2D eigenvalue weighted by molar-refractivity contribution is 8.00. The predicted molar refractivity (Wildman–Crippen MR) is 116 cm³/mol. The molecule has 0 radical (unpaired) electrons. The summed E-state index contributed by atoms with van der Waals surface area (Å²) in [6, 6.07) is 7.63. The molecule has 1 aromatic carbocycles. The van der Waals surface area contributed by atoms with Crippen molar-refractivity contribution in [2.75, 3.05) is 22.5 Å². The van der Waals surface area contributed by atoms with Crippen molar-refractivity contribution in [1.29, 1.82) is 0 Å². The van der Waals surface area contributed by atoms with E-state index in [2.05, 4.69) is 24.3 Å². The van der Waals surface area contributed by atoms with Gasteiger partial charge in [-0.15, -0.1) is 11.8 Å². The number of carbonyl (C=O) groups is 2. The van der Waals surface area contributed by atoms with Gasteiger partial charge in [0.15, 0.2) is 0 Å². The number of nitrogens with one attached hydrogen (secondary N) is 1. The van der Waals surface area contributed by atoms with Gasteiger partial charge in [-0.3, -0.25) is 14.4 Å². The smallest absolute Gasteiger partial charge is 0.292 e. The first kappa shape index (κ1) is 21.1. The van der Waals surface area contributed by atoms with Gasteiger partial charge in [-0.1, -0.05) is 39.8 Å². The number of rotatable bonds is 6. The molecule has 2 aromatic rings. The monoisotopic (exact) mass is 414 g/mol. The van der Waals surface area contributed by atoms with Crippen LogP contribution in [0.4, 0.5) is 11.4 Å². The first-order chi connectivity index (χ1) is 13.8. The Hall–Kier alpha value is -2.61. The summed E-state index contributed by atoms with van der Waals surface area (Å²) in [5.74, 6) is 0.412. The average molecular weight is 415 g/mol. The quantitative estimate of drug-likeness (QED) is 0.785. The molecule has 0 unspecified atom stereocenters. The molecule has 7 nitrogen and oxygen atoms in total. The highest BCUT2D eigenvalue weighted by Gasteiger charge is 2.29. The molecule has 1 N–H and O–H groups in total. The molecule has 0 aliphatic carbocycles. The fraction of sp³-hybridized carbons (Fsp3) is 0.429. The zero-order valence-corrected chi connectivity index (χ0v) is 18.0. The van der Waals surface area contributed by atoms with Crippen LogP contribution in [0.5, 0.6) is 0 Å². The minimum Gasteiger partial charge on any atom is -0.324 e. The lowest BCUT2D eigenvalue weighted by molar-refractivity contribution is -0.117. The van der Waals surface area contributed by atoms with Crippen LogP contribution in [0.2, 0.25) is 0 Å². The normalized spacial score (nSPS) is 13.7. The van der Waals surface area contributed by atoms with Gasteiger partial charge >= 0.3 is 0 Å². The Labute approximate surface area is 174 Å². The summed E-state index contributed by atoms with van der Waals surface area (Å²) in [6.45, 7) is 8.39. The molecule has 0 spiro atoms. The van der Waals surface area contributed by atoms with E-state index >= 15 is 0 Å². The van der Waals surface area contributed by atoms with E-state index in [9.17, 15) is 14.4 Å². The van der Waals surface area contributed by atoms with Crippen LogP contribution < -0.4 is 15.8 Å². The minimum atomic E-state index is -0.421. The molecule has 1 aliphatic heterocycles. The number of benzene rings is 1. The van der Waals surface area contributed by atoms with E-state index in [-0.39, 0.29) is 30.0 Å². The van der Waals surface area contributed by atoms with E-state index in [0.717, 1.165) is 10.2 Å². The fourth-order valence-electron chi connectivity index (χ4n) is 3.14. The number of hydrogen-bond acceptors (Lipinski definition) is 5. The zero-order valence-electron chi connectivity index (χ0n) is 17.1. The molecule has 3 rings (SSSR count). The number of aromatic nitrogens is 2. The number of thioether (sulfide) groups is 1. The van der Waals surface area contributed by atoms with Gasteiger partial charge in [-0.05, 0) is 29.5 Å². The van der Waals surface area contributed by atoms with Crippen LogP contribution in [-0.2, 0) is 16.1 Å². The molecule has 1 aliphatic rings. The largest absolute Gasteiger partial charge is 0.324 e. The van der Waals surface area contributed by atoms with Crippen molar-refractivity contribution in [3.05, 3.63) is 46.4 Å². The topological polar surface area (TPSA) is 84.3 Å². The maximum absolute atomic E-state index is 13.0. The Bertz CT molecular complexity index is 984. The number of hydrogen-bond donors (Lipinski definition) is 1. The molecular formula is C21H26N4O3S. The van der Waals surface area contributed by atoms with Gasteiger partial charge in [-0.25, -0.2) is 4.68 Å². The van der Waals surface area contributed by atoms with Crippen molar-refractivity contribution in [3.8, 4) is 0 Å². The number of anilines is 2. The highest BCUT2D eigenvalue weighted by atomic mass is 32.2. The Morgan fingerprint density at radius 2 is 2.00 bits per heavy atom. The van der Waals surface area contributed by atoms with Crippen LogP contribution in [0, 0.1) is 5.92 Å². The number of nitrogens with zero attached hydrogens (tertiary/aromatic N) is 3. The van der Waals surface area contributed by atoms with Crippen molar-refractivity contribution in [2.45, 2.75) is 45.1 Å². The summed E-state index contributed by atoms with van der Waals surface area (Å²) in [5.41, 5.74) is 1.70. The molecule has 2 amide bonds. The molecule has 0 saturated heterocycles. The van der Waals surface area contributed by atoms with Gasteiger partial charge in [-0.2, -0.15) is 5.10 Å². The van der Waals surface area contributed by atoms with E-state index in [0.29, 0.717) is 28.7 Å². The Kier molecular flexibility index (Phi) is 6.42. The second-order valence-electron chi connectivity index (χ2n) is 7.84. The molecule has 154 valence electrons. The van der Waals surface area contributed by atoms with E-state index in [4.69, 9.17) is 0 Å². The second kappa shape index (κ2) is 8.82. The first-order valence-corrected chi connectivity index (χ1v) is 10.7. The molecule has 29 heavy (non-hydrogen) atoms. The second-order valence-corrected chi connectivity index (χ2v) is 8.85. The van der Waals surface area contributed by atoms with Crippen molar-refractivity contribution in [3.63, 3.8) is 0 Å². The van der Waals surface area contributed by atoms with Crippen molar-refractivity contribution in [2.24, 2.45) is 5.92 Å². The van der Waals surface area contributed by atoms with Crippen LogP contribution in [0.25, 0.3) is 0 Å². The maximum Gasteiger partial charge on any atom is 0.292 e. The molecular weight excluding hydrogens is 388 g/mol. The number of carbonyl (C=O) groups excluding carboxylic acids is 2. The van der Waals surface area contributed by atoms with Crippen molar-refractivity contribution in [1.82, 2.24) is 9.78 Å². The molecule has 0 fully saturated rings. The van der Waals surface area contributed by atoms with E-state index in [1.165, 1.54) is 16.7 Å². The van der Waals surface area contributed by atoms with Crippen molar-refractivity contribution >= 4 is 35.0 Å². The molecule has 2 heterocycles. The highest BCUT2D eigenvalue weighted by Crippen LogP contribution is 2.32. The van der Waals surface area contributed by atoms with E-state index < -0.39 is 5.56 Å². The van der Waals surface area contributed by atoms with Gasteiger partial charge in [0.2, 0.25) is 11.8 Å². The first-order valence-electron chi connectivity index (χ1n) is 9.69. The molecule has 8 heteroatoms. The summed E-state index contributed by atoms with van der Waals surface area (Å²) in [6.07, 6.45) is 1.56. The molecule has 0 atom stereocenters. The standard InChI is InChI=1S/C21H26N4O3S/c1-13(2)10-24-19(27)12-29-17-9-22-25(21(28)20(17)24)11-18(26)23-16-7-5-6-15(8-16)14(3)4/h5-9,13-14H,10-12H2,1-4H3,(H,23,26). The van der Waals surface area contributed by atoms with E-state index in [1.54, 1.807) is 6.20 Å². The third-order valence-corrected chi connectivity index (χ3v) is 5.59. The van der Waals surface area contributed by atoms with E-state index in [1.807, 2.05) is 38.1 Å². The maximum atomic E-state index is 13.0. The summed E-state index contributed by atoms with van der Waals surface area (Å²) < 4.78 is 1.12. The van der Waals surface area contributed by atoms with Crippen LogP contribution >= 0.6 is 11.8 Å². The molecule has 0 bridgehead atoms. The van der Waals surface area contributed by atoms with Crippen LogP contribution in [0.1, 0.15) is 39.2 Å². The SMILES string of the molecule is CC(C)CN1C(=O)CSc2cnn(CC(=O)Nc3cccc(C(C)C)c3)c(=O)c21. The van der Waals surface area contributed by atoms with Gasteiger partial charge in [0.05, 0.1) is 16.8 Å². The Morgan fingerprint density at radius 1 is 1.24 bits per heavy atom. The zero-order chi connectivity index (χ0) is 21.1. The van der Waals surface area contributed by atoms with Crippen molar-refractivity contribution < 1.29 is 9.59 Å². The summed E-state index contributed by atoms with van der Waals surface area (Å²) in [7, 11) is 0. The van der Waals surface area contributed by atoms with Gasteiger partial charge in [0, 0.05) is 12.2 Å². The third-order valence-electron chi connectivity index (χ3n) is 4.59. The summed E-state index contributed by atoms with van der Waals surface area (Å²) in [4.78, 5) is 40.1. The van der Waals surface area contributed by atoms with Gasteiger partial charge in [0.25, 0.3) is 5.56 Å². The predicted octanol–water partition coefficient (Wildman–Crippen LogP) is 3.10. The van der Waals surface area contributed by atoms with Crippen LogP contribution in [0.15, 0.2) is 40.2 Å². The van der Waals surface area contributed by atoms with Crippen LogP contribution in [0.3, 0.4) is 0 Å². The van der Waals surface area contributed by atoms with Gasteiger partial charge in [0.1, 0.15) is 12.2 Å². The van der Waals surface area contributed by atoms with Gasteiger partial charge < -0.3 is 10.2 Å². The lowest BCUT2D eigenvalue weighted by Gasteiger charge is -2.29. The summed E-state index contributed by atoms with van der Waals surface area (Å²) >= 11 is 1.31. The minimum absolute atomic E-state index is 0.0963. The number of amides is 2. The summed E-state index contributed by atoms with van der Waals surface area (Å²) in [5, 5.41) is 6.96. The third kappa shape index (κ3) is 4.87. The Morgan fingerprint density at radius 3 is 2.69 bits per heavy atom. The fourth-order valence-corrected chi connectivity index (χ4v) is 4.03. The molecule has 0 saturated carbocycles. The number of fused-ring (bicyclic) bond motifs is 1. The lowest BCUT2D eigenvalue weighted by Crippen LogP contribution is -2.44. The Balaban J connectivity index is 1.82. The molecule has 1 aromatic heterocycles.